The van der Waals surface area contributed by atoms with Crippen molar-refractivity contribution in [3.8, 4) is 11.5 Å². The van der Waals surface area contributed by atoms with Gasteiger partial charge in [0.1, 0.15) is 11.5 Å². The topological polar surface area (TPSA) is 35.5 Å². The van der Waals surface area contributed by atoms with Crippen LogP contribution in [0.15, 0.2) is 12.1 Å². The van der Waals surface area contributed by atoms with Crippen LogP contribution in [0, 0.1) is 0 Å². The van der Waals surface area contributed by atoms with Crippen LogP contribution in [0.2, 0.25) is 5.02 Å². The highest BCUT2D eigenvalue weighted by molar-refractivity contribution is 6.32. The predicted octanol–water partition coefficient (Wildman–Crippen LogP) is 6.07. The van der Waals surface area contributed by atoms with Crippen molar-refractivity contribution in [2.75, 3.05) is 13.2 Å². The molecule has 1 rings (SSSR count). The molecule has 0 aliphatic rings. The normalized spacial score (nSPS) is 10.6. The van der Waals surface area contributed by atoms with Gasteiger partial charge in [0.05, 0.1) is 23.8 Å². The maximum Gasteiger partial charge on any atom is 0.153 e. The molecule has 0 atom stereocenters. The number of ether oxygens (including phenoxy) is 2. The zero-order chi connectivity index (χ0) is 16.9. The van der Waals surface area contributed by atoms with E-state index in [0.29, 0.717) is 35.3 Å². The van der Waals surface area contributed by atoms with Crippen LogP contribution in [-0.2, 0) is 0 Å². The molecule has 0 amide bonds. The third kappa shape index (κ3) is 7.74. The van der Waals surface area contributed by atoms with Gasteiger partial charge in [-0.1, -0.05) is 64.0 Å². The number of hydrogen-bond acceptors (Lipinski definition) is 3. The van der Waals surface area contributed by atoms with Crippen LogP contribution in [0.1, 0.15) is 75.6 Å². The molecule has 0 radical (unpaired) electrons. The molecule has 0 bridgehead atoms. The first-order valence-corrected chi connectivity index (χ1v) is 9.15. The van der Waals surface area contributed by atoms with Crippen molar-refractivity contribution in [2.45, 2.75) is 65.2 Å². The summed E-state index contributed by atoms with van der Waals surface area (Å²) in [5.74, 6) is 1.10. The molecule has 23 heavy (non-hydrogen) atoms. The molecular weight excluding hydrogens is 312 g/mol. The van der Waals surface area contributed by atoms with Gasteiger partial charge in [-0.3, -0.25) is 4.79 Å². The monoisotopic (exact) mass is 340 g/mol. The van der Waals surface area contributed by atoms with Gasteiger partial charge in [0, 0.05) is 6.07 Å². The molecule has 0 aliphatic carbocycles. The lowest BCUT2D eigenvalue weighted by Crippen LogP contribution is -2.02. The third-order valence-electron chi connectivity index (χ3n) is 3.70. The molecule has 1 aromatic carbocycles. The van der Waals surface area contributed by atoms with E-state index in [4.69, 9.17) is 21.1 Å². The molecule has 0 aliphatic heterocycles. The zero-order valence-electron chi connectivity index (χ0n) is 14.4. The lowest BCUT2D eigenvalue weighted by Gasteiger charge is -2.13. The van der Waals surface area contributed by atoms with E-state index in [9.17, 15) is 4.79 Å². The smallest absolute Gasteiger partial charge is 0.153 e. The van der Waals surface area contributed by atoms with Crippen molar-refractivity contribution < 1.29 is 14.3 Å². The first kappa shape index (κ1) is 19.8. The number of aldehydes is 1. The molecule has 0 aromatic heterocycles. The summed E-state index contributed by atoms with van der Waals surface area (Å²) in [6, 6.07) is 3.36. The number of carbonyl (C=O) groups is 1. The van der Waals surface area contributed by atoms with Gasteiger partial charge in [0.15, 0.2) is 6.29 Å². The van der Waals surface area contributed by atoms with Gasteiger partial charge < -0.3 is 9.47 Å². The van der Waals surface area contributed by atoms with Crippen LogP contribution in [0.4, 0.5) is 0 Å². The molecule has 0 heterocycles. The zero-order valence-corrected chi connectivity index (χ0v) is 15.2. The highest BCUT2D eigenvalue weighted by Crippen LogP contribution is 2.32. The highest BCUT2D eigenvalue weighted by Gasteiger charge is 2.10. The van der Waals surface area contributed by atoms with Crippen molar-refractivity contribution in [1.82, 2.24) is 0 Å². The van der Waals surface area contributed by atoms with Gasteiger partial charge >= 0.3 is 0 Å². The Balaban J connectivity index is 2.54. The van der Waals surface area contributed by atoms with Gasteiger partial charge in [0.25, 0.3) is 0 Å². The summed E-state index contributed by atoms with van der Waals surface area (Å²) in [5.41, 5.74) is 0.494. The molecule has 0 saturated heterocycles. The molecule has 0 spiro atoms. The number of halogens is 1. The van der Waals surface area contributed by atoms with Gasteiger partial charge in [-0.25, -0.2) is 0 Å². The fourth-order valence-corrected chi connectivity index (χ4v) is 2.51. The van der Waals surface area contributed by atoms with E-state index >= 15 is 0 Å². The van der Waals surface area contributed by atoms with Crippen LogP contribution in [-0.4, -0.2) is 19.5 Å². The Hall–Kier alpha value is -1.22. The number of carbonyl (C=O) groups excluding carboxylic acids is 1. The van der Waals surface area contributed by atoms with Crippen molar-refractivity contribution in [1.29, 1.82) is 0 Å². The predicted molar refractivity (Wildman–Crippen MR) is 96.1 cm³/mol. The average Bonchev–Trinajstić information content (AvgIpc) is 2.56. The SMILES string of the molecule is CCCCCCOc1cc(C=O)c(OCCCCCC)cc1Cl. The van der Waals surface area contributed by atoms with E-state index in [1.54, 1.807) is 12.1 Å². The minimum Gasteiger partial charge on any atom is -0.493 e. The Labute approximate surface area is 145 Å². The average molecular weight is 341 g/mol. The Kier molecular flexibility index (Phi) is 10.5. The van der Waals surface area contributed by atoms with Gasteiger partial charge in [-0.15, -0.1) is 0 Å². The highest BCUT2D eigenvalue weighted by atomic mass is 35.5. The molecule has 3 nitrogen and oxygen atoms in total. The molecule has 4 heteroatoms. The Morgan fingerprint density at radius 1 is 0.870 bits per heavy atom. The summed E-state index contributed by atoms with van der Waals surface area (Å²) >= 11 is 6.24. The Bertz CT molecular complexity index is 460. The van der Waals surface area contributed by atoms with E-state index < -0.39 is 0 Å². The maximum atomic E-state index is 11.3. The van der Waals surface area contributed by atoms with Crippen LogP contribution in [0.3, 0.4) is 0 Å². The third-order valence-corrected chi connectivity index (χ3v) is 4.00. The maximum absolute atomic E-state index is 11.3. The molecular formula is C19H29ClO3. The second kappa shape index (κ2) is 12.2. The largest absolute Gasteiger partial charge is 0.493 e. The summed E-state index contributed by atoms with van der Waals surface area (Å²) in [7, 11) is 0. The first-order chi connectivity index (χ1) is 11.2. The van der Waals surface area contributed by atoms with E-state index in [0.717, 1.165) is 32.0 Å². The molecule has 130 valence electrons. The lowest BCUT2D eigenvalue weighted by molar-refractivity contribution is 0.111. The number of rotatable bonds is 13. The Morgan fingerprint density at radius 2 is 1.43 bits per heavy atom. The molecule has 1 aromatic rings. The van der Waals surface area contributed by atoms with Crippen LogP contribution < -0.4 is 9.47 Å². The standard InChI is InChI=1S/C19H29ClO3/c1-3-5-7-9-11-22-18-14-17(20)19(13-16(18)15-21)23-12-10-8-6-4-2/h13-15H,3-12H2,1-2H3. The Morgan fingerprint density at radius 3 is 1.96 bits per heavy atom. The quantitative estimate of drug-likeness (QED) is 0.323. The summed E-state index contributed by atoms with van der Waals surface area (Å²) in [4.78, 5) is 11.3. The van der Waals surface area contributed by atoms with E-state index in [2.05, 4.69) is 13.8 Å². The summed E-state index contributed by atoms with van der Waals surface area (Å²) in [6.07, 6.45) is 9.86. The fourth-order valence-electron chi connectivity index (χ4n) is 2.30. The fraction of sp³-hybridized carbons (Fsp3) is 0.632. The van der Waals surface area contributed by atoms with E-state index in [-0.39, 0.29) is 0 Å². The van der Waals surface area contributed by atoms with Gasteiger partial charge in [-0.05, 0) is 18.9 Å². The number of hydrogen-bond donors (Lipinski definition) is 0. The molecule has 0 N–H and O–H groups in total. The van der Waals surface area contributed by atoms with Crippen molar-refractivity contribution in [3.05, 3.63) is 22.7 Å². The summed E-state index contributed by atoms with van der Waals surface area (Å²) in [5, 5.41) is 0.495. The molecule has 0 saturated carbocycles. The van der Waals surface area contributed by atoms with Crippen molar-refractivity contribution in [2.24, 2.45) is 0 Å². The van der Waals surface area contributed by atoms with Crippen LogP contribution >= 0.6 is 11.6 Å². The lowest BCUT2D eigenvalue weighted by atomic mass is 10.2. The van der Waals surface area contributed by atoms with Crippen LogP contribution in [0.25, 0.3) is 0 Å². The minimum atomic E-state index is 0.494. The number of unbranched alkanes of at least 4 members (excludes halogenated alkanes) is 6. The van der Waals surface area contributed by atoms with Gasteiger partial charge in [-0.2, -0.15) is 0 Å². The van der Waals surface area contributed by atoms with E-state index in [1.807, 2.05) is 0 Å². The van der Waals surface area contributed by atoms with Crippen LogP contribution in [0.5, 0.6) is 11.5 Å². The van der Waals surface area contributed by atoms with Crippen molar-refractivity contribution >= 4 is 17.9 Å². The second-order valence-electron chi connectivity index (χ2n) is 5.76. The minimum absolute atomic E-state index is 0.494. The molecule has 0 fully saturated rings. The van der Waals surface area contributed by atoms with E-state index in [1.165, 1.54) is 25.7 Å². The second-order valence-corrected chi connectivity index (χ2v) is 6.16. The number of benzene rings is 1. The van der Waals surface area contributed by atoms with Crippen molar-refractivity contribution in [3.63, 3.8) is 0 Å². The first-order valence-electron chi connectivity index (χ1n) is 8.77. The summed E-state index contributed by atoms with van der Waals surface area (Å²) < 4.78 is 11.4. The summed E-state index contributed by atoms with van der Waals surface area (Å²) in [6.45, 7) is 5.57. The van der Waals surface area contributed by atoms with Gasteiger partial charge in [0.2, 0.25) is 0 Å². The molecule has 0 unspecified atom stereocenters.